The Bertz CT molecular complexity index is 276. The summed E-state index contributed by atoms with van der Waals surface area (Å²) in [6, 6.07) is 1.57. The fourth-order valence-electron chi connectivity index (χ4n) is 0.439. The minimum atomic E-state index is -4.10. The van der Waals surface area contributed by atoms with Gasteiger partial charge in [0.05, 0.1) is 0 Å². The van der Waals surface area contributed by atoms with Crippen molar-refractivity contribution in [3.05, 3.63) is 18.5 Å². The second-order valence-electron chi connectivity index (χ2n) is 1.61. The number of nitrogens with zero attached hydrogens (tertiary/aromatic N) is 2. The maximum atomic E-state index is 10.4. The summed E-state index contributed by atoms with van der Waals surface area (Å²) in [4.78, 5) is 34.6. The van der Waals surface area contributed by atoms with E-state index in [2.05, 4.69) is 9.97 Å². The molecule has 0 aliphatic rings. The SMILES string of the molecule is [O-]P(O)(O)=[S+]c1ncccn1. The second kappa shape index (κ2) is 3.34. The Kier molecular flexibility index (Phi) is 2.64. The third-order valence-electron chi connectivity index (χ3n) is 0.743. The summed E-state index contributed by atoms with van der Waals surface area (Å²) in [5.41, 5.74) is 0. The summed E-state index contributed by atoms with van der Waals surface area (Å²) in [7, 11) is 0.345. The molecule has 60 valence electrons. The Morgan fingerprint density at radius 3 is 2.36 bits per heavy atom. The predicted molar refractivity (Wildman–Crippen MR) is 39.0 cm³/mol. The van der Waals surface area contributed by atoms with Gasteiger partial charge < -0.3 is 14.7 Å². The summed E-state index contributed by atoms with van der Waals surface area (Å²) in [6.45, 7) is -4.10. The van der Waals surface area contributed by atoms with E-state index in [-0.39, 0.29) is 5.16 Å². The van der Waals surface area contributed by atoms with Crippen LogP contribution in [0.25, 0.3) is 0 Å². The van der Waals surface area contributed by atoms with Crippen molar-refractivity contribution in [3.63, 3.8) is 0 Å². The van der Waals surface area contributed by atoms with Crippen LogP contribution in [-0.4, -0.2) is 19.8 Å². The van der Waals surface area contributed by atoms with Crippen molar-refractivity contribution in [3.8, 4) is 0 Å². The zero-order valence-corrected chi connectivity index (χ0v) is 7.00. The van der Waals surface area contributed by atoms with Crippen LogP contribution in [0.1, 0.15) is 0 Å². The molecule has 0 bridgehead atoms. The molecular formula is C4H5N2O3PS. The first-order valence-electron chi connectivity index (χ1n) is 2.60. The summed E-state index contributed by atoms with van der Waals surface area (Å²) in [6.07, 6.45) is 2.84. The van der Waals surface area contributed by atoms with Crippen LogP contribution < -0.4 is 4.89 Å². The van der Waals surface area contributed by atoms with E-state index in [0.29, 0.717) is 10.9 Å². The first kappa shape index (κ1) is 8.70. The third kappa shape index (κ3) is 3.50. The third-order valence-corrected chi connectivity index (χ3v) is 2.56. The molecule has 0 aliphatic heterocycles. The lowest BCUT2D eigenvalue weighted by Crippen LogP contribution is -2.00. The highest BCUT2D eigenvalue weighted by molar-refractivity contribution is 8.15. The molecule has 1 aromatic rings. The zero-order chi connectivity index (χ0) is 8.32. The van der Waals surface area contributed by atoms with E-state index in [1.807, 2.05) is 0 Å². The van der Waals surface area contributed by atoms with Gasteiger partial charge in [0, 0.05) is 12.4 Å². The molecule has 0 saturated heterocycles. The van der Waals surface area contributed by atoms with Crippen LogP contribution >= 0.6 is 6.72 Å². The van der Waals surface area contributed by atoms with Crippen molar-refractivity contribution in [2.75, 3.05) is 0 Å². The average molecular weight is 192 g/mol. The van der Waals surface area contributed by atoms with Crippen molar-refractivity contribution in [1.82, 2.24) is 9.97 Å². The minimum Gasteiger partial charge on any atom is -0.741 e. The molecule has 0 unspecified atom stereocenters. The molecule has 0 spiro atoms. The number of rotatable bonds is 1. The van der Waals surface area contributed by atoms with Gasteiger partial charge in [-0.1, -0.05) is 0 Å². The smallest absolute Gasteiger partial charge is 0.421 e. The van der Waals surface area contributed by atoms with E-state index in [1.54, 1.807) is 6.07 Å². The van der Waals surface area contributed by atoms with Crippen LogP contribution in [0.3, 0.4) is 0 Å². The van der Waals surface area contributed by atoms with Crippen molar-refractivity contribution in [2.45, 2.75) is 5.16 Å². The molecular weight excluding hydrogens is 187 g/mol. The average Bonchev–Trinajstić information content (AvgIpc) is 1.85. The zero-order valence-electron chi connectivity index (χ0n) is 5.28. The summed E-state index contributed by atoms with van der Waals surface area (Å²) in [5.74, 6) is 0. The molecule has 7 heteroatoms. The monoisotopic (exact) mass is 192 g/mol. The minimum absolute atomic E-state index is 0.0841. The lowest BCUT2D eigenvalue weighted by molar-refractivity contribution is -0.196. The van der Waals surface area contributed by atoms with E-state index in [1.165, 1.54) is 12.4 Å². The Hall–Kier alpha value is -0.390. The molecule has 0 radical (unpaired) electrons. The Labute approximate surface area is 66.6 Å². The Balaban J connectivity index is 2.98. The molecule has 1 heterocycles. The standard InChI is InChI=1S/C4H5N2O3PS/c7-10(8,9)11-4-5-2-1-3-6-4/h1-3H,(H2-,7,8,9). The maximum Gasteiger partial charge on any atom is 0.421 e. The van der Waals surface area contributed by atoms with Gasteiger partial charge in [-0.25, -0.2) is 0 Å². The fourth-order valence-corrected chi connectivity index (χ4v) is 1.79. The van der Waals surface area contributed by atoms with E-state index < -0.39 is 6.72 Å². The van der Waals surface area contributed by atoms with Gasteiger partial charge in [0.15, 0.2) is 0 Å². The first-order chi connectivity index (χ1) is 5.08. The van der Waals surface area contributed by atoms with Crippen LogP contribution in [-0.2, 0) is 10.9 Å². The first-order valence-corrected chi connectivity index (χ1v) is 5.63. The predicted octanol–water partition coefficient (Wildman–Crippen LogP) is -1.06. The number of aromatic nitrogens is 2. The van der Waals surface area contributed by atoms with Crippen LogP contribution in [0.2, 0.25) is 0 Å². The summed E-state index contributed by atoms with van der Waals surface area (Å²) in [5, 5.41) is 0.0841. The van der Waals surface area contributed by atoms with Gasteiger partial charge in [0.1, 0.15) is 0 Å². The van der Waals surface area contributed by atoms with E-state index in [9.17, 15) is 4.89 Å². The molecule has 0 aliphatic carbocycles. The van der Waals surface area contributed by atoms with Crippen LogP contribution in [0.4, 0.5) is 0 Å². The molecule has 1 rings (SSSR count). The van der Waals surface area contributed by atoms with Crippen molar-refractivity contribution < 1.29 is 14.7 Å². The van der Waals surface area contributed by atoms with Gasteiger partial charge in [0.25, 0.3) is 10.9 Å². The molecule has 0 fully saturated rings. The molecule has 1 aromatic heterocycles. The lowest BCUT2D eigenvalue weighted by Gasteiger charge is -1.99. The van der Waals surface area contributed by atoms with E-state index >= 15 is 0 Å². The van der Waals surface area contributed by atoms with Crippen LogP contribution in [0.5, 0.6) is 0 Å². The molecule has 0 amide bonds. The Morgan fingerprint density at radius 2 is 1.91 bits per heavy atom. The molecule has 5 nitrogen and oxygen atoms in total. The fraction of sp³-hybridized carbons (Fsp3) is 0. The van der Waals surface area contributed by atoms with Gasteiger partial charge in [-0.15, -0.1) is 0 Å². The quantitative estimate of drug-likeness (QED) is 0.336. The molecule has 0 atom stereocenters. The van der Waals surface area contributed by atoms with Gasteiger partial charge in [-0.05, 0) is 6.07 Å². The Morgan fingerprint density at radius 1 is 1.36 bits per heavy atom. The maximum absolute atomic E-state index is 10.4. The highest BCUT2D eigenvalue weighted by atomic mass is 32.5. The van der Waals surface area contributed by atoms with Gasteiger partial charge in [-0.3, -0.25) is 0 Å². The van der Waals surface area contributed by atoms with E-state index in [4.69, 9.17) is 9.79 Å². The van der Waals surface area contributed by atoms with Gasteiger partial charge in [-0.2, -0.15) is 9.97 Å². The topological polar surface area (TPSA) is 89.3 Å². The van der Waals surface area contributed by atoms with Crippen LogP contribution in [0, 0.1) is 0 Å². The normalized spacial score (nSPS) is 11.2. The van der Waals surface area contributed by atoms with Crippen LogP contribution in [0.15, 0.2) is 23.6 Å². The molecule has 11 heavy (non-hydrogen) atoms. The largest absolute Gasteiger partial charge is 0.741 e. The highest BCUT2D eigenvalue weighted by Crippen LogP contribution is 2.26. The molecule has 0 aromatic carbocycles. The summed E-state index contributed by atoms with van der Waals surface area (Å²) >= 11 is 0. The second-order valence-corrected chi connectivity index (χ2v) is 5.12. The van der Waals surface area contributed by atoms with E-state index in [0.717, 1.165) is 0 Å². The van der Waals surface area contributed by atoms with Crippen molar-refractivity contribution >= 4 is 17.7 Å². The summed E-state index contributed by atoms with van der Waals surface area (Å²) < 4.78 is 0. The van der Waals surface area contributed by atoms with Crippen molar-refractivity contribution in [1.29, 1.82) is 0 Å². The number of hydrogen-bond acceptors (Lipinski definition) is 3. The molecule has 0 saturated carbocycles. The van der Waals surface area contributed by atoms with Gasteiger partial charge >= 0.3 is 11.9 Å². The van der Waals surface area contributed by atoms with Gasteiger partial charge in [0.2, 0.25) is 0 Å². The van der Waals surface area contributed by atoms with Crippen molar-refractivity contribution in [2.24, 2.45) is 0 Å². The highest BCUT2D eigenvalue weighted by Gasteiger charge is 2.12. The lowest BCUT2D eigenvalue weighted by atomic mass is 10.7. The molecule has 2 N–H and O–H groups in total. The number of hydrogen-bond donors (Lipinski definition) is 2.